The molecule has 1 amide bonds. The molecule has 25 heavy (non-hydrogen) atoms. The first-order chi connectivity index (χ1) is 12.0. The Labute approximate surface area is 151 Å². The van der Waals surface area contributed by atoms with Crippen molar-refractivity contribution in [3.05, 3.63) is 24.3 Å². The van der Waals surface area contributed by atoms with Gasteiger partial charge < -0.3 is 9.88 Å². The van der Waals surface area contributed by atoms with Gasteiger partial charge in [0.2, 0.25) is 11.1 Å². The van der Waals surface area contributed by atoms with Crippen molar-refractivity contribution in [1.82, 2.24) is 25.1 Å². The average molecular weight is 357 g/mol. The third-order valence-corrected chi connectivity index (χ3v) is 4.84. The van der Waals surface area contributed by atoms with Crippen molar-refractivity contribution in [3.8, 4) is 0 Å². The first-order valence-electron chi connectivity index (χ1n) is 8.60. The first kappa shape index (κ1) is 17.7. The van der Waals surface area contributed by atoms with E-state index in [0.29, 0.717) is 5.16 Å². The third-order valence-electron chi connectivity index (χ3n) is 3.88. The van der Waals surface area contributed by atoms with Gasteiger partial charge in [0.05, 0.1) is 10.8 Å². The lowest BCUT2D eigenvalue weighted by molar-refractivity contribution is -0.120. The van der Waals surface area contributed by atoms with Crippen LogP contribution in [0.3, 0.4) is 0 Å². The van der Waals surface area contributed by atoms with Crippen molar-refractivity contribution in [2.24, 2.45) is 0 Å². The van der Waals surface area contributed by atoms with E-state index in [-0.39, 0.29) is 17.2 Å². The number of rotatable bonds is 6. The number of fused-ring (bicyclic) bond motifs is 3. The summed E-state index contributed by atoms with van der Waals surface area (Å²) >= 11 is 1.34. The molecular weight excluding hydrogens is 334 g/mol. The van der Waals surface area contributed by atoms with Gasteiger partial charge in [-0.2, -0.15) is 0 Å². The molecule has 7 heteroatoms. The lowest BCUT2D eigenvalue weighted by Crippen LogP contribution is -2.35. The van der Waals surface area contributed by atoms with Crippen LogP contribution in [0.2, 0.25) is 0 Å². The predicted octanol–water partition coefficient (Wildman–Crippen LogP) is 3.39. The summed E-state index contributed by atoms with van der Waals surface area (Å²) in [5.41, 5.74) is 2.76. The van der Waals surface area contributed by atoms with Crippen LogP contribution < -0.4 is 5.32 Å². The van der Waals surface area contributed by atoms with Crippen LogP contribution in [0.5, 0.6) is 0 Å². The number of thioether (sulfide) groups is 1. The Morgan fingerprint density at radius 1 is 1.24 bits per heavy atom. The molecule has 0 saturated carbocycles. The largest absolute Gasteiger partial charge is 0.353 e. The molecule has 0 fully saturated rings. The molecule has 0 aliphatic heterocycles. The zero-order valence-corrected chi connectivity index (χ0v) is 15.8. The second-order valence-electron chi connectivity index (χ2n) is 6.36. The summed E-state index contributed by atoms with van der Waals surface area (Å²) in [6, 6.07) is 8.27. The van der Waals surface area contributed by atoms with E-state index in [1.54, 1.807) is 0 Å². The average Bonchev–Trinajstić information content (AvgIpc) is 2.88. The van der Waals surface area contributed by atoms with Crippen molar-refractivity contribution in [2.45, 2.75) is 57.1 Å². The normalized spacial score (nSPS) is 12.8. The lowest BCUT2D eigenvalue weighted by atomic mass is 10.2. The molecule has 132 valence electrons. The molecule has 6 nitrogen and oxygen atoms in total. The van der Waals surface area contributed by atoms with Crippen LogP contribution in [-0.2, 0) is 11.3 Å². The highest BCUT2D eigenvalue weighted by Gasteiger charge is 2.19. The van der Waals surface area contributed by atoms with Gasteiger partial charge in [-0.25, -0.2) is 4.98 Å². The second kappa shape index (κ2) is 7.39. The zero-order chi connectivity index (χ0) is 18.0. The van der Waals surface area contributed by atoms with Crippen LogP contribution in [0.4, 0.5) is 0 Å². The molecule has 0 aliphatic carbocycles. The summed E-state index contributed by atoms with van der Waals surface area (Å²) in [6.45, 7) is 8.77. The fourth-order valence-electron chi connectivity index (χ4n) is 2.80. The number of amides is 1. The van der Waals surface area contributed by atoms with Gasteiger partial charge in [0.25, 0.3) is 0 Å². The van der Waals surface area contributed by atoms with Crippen LogP contribution >= 0.6 is 11.8 Å². The van der Waals surface area contributed by atoms with Gasteiger partial charge in [0, 0.05) is 18.0 Å². The highest BCUT2D eigenvalue weighted by atomic mass is 32.2. The smallest absolute Gasteiger partial charge is 0.233 e. The number of carbonyl (C=O) groups excluding carboxylic acids is 1. The maximum absolute atomic E-state index is 12.1. The number of hydrogen-bond donors (Lipinski definition) is 1. The first-order valence-corrected chi connectivity index (χ1v) is 9.48. The molecule has 0 saturated heterocycles. The maximum atomic E-state index is 12.1. The van der Waals surface area contributed by atoms with Crippen LogP contribution in [0.1, 0.15) is 34.1 Å². The molecule has 0 radical (unpaired) electrons. The zero-order valence-electron chi connectivity index (χ0n) is 15.0. The van der Waals surface area contributed by atoms with E-state index in [4.69, 9.17) is 4.98 Å². The number of aromatic nitrogens is 4. The molecule has 2 heterocycles. The molecule has 0 bridgehead atoms. The van der Waals surface area contributed by atoms with Crippen LogP contribution in [-0.4, -0.2) is 36.9 Å². The highest BCUT2D eigenvalue weighted by Crippen LogP contribution is 2.28. The summed E-state index contributed by atoms with van der Waals surface area (Å²) in [5, 5.41) is 12.9. The quantitative estimate of drug-likeness (QED) is 0.685. The fraction of sp³-hybridized carbons (Fsp3) is 0.444. The number of nitrogens with one attached hydrogen (secondary N) is 1. The summed E-state index contributed by atoms with van der Waals surface area (Å²) in [7, 11) is 0. The number of aryl methyl sites for hydroxylation is 1. The number of carbonyl (C=O) groups is 1. The molecule has 0 aliphatic rings. The number of benzene rings is 1. The Hall–Kier alpha value is -2.15. The minimum Gasteiger partial charge on any atom is -0.353 e. The molecular formula is C18H23N5OS. The lowest BCUT2D eigenvalue weighted by Gasteiger charge is -2.13. The van der Waals surface area contributed by atoms with E-state index in [1.165, 1.54) is 11.8 Å². The predicted molar refractivity (Wildman–Crippen MR) is 102 cm³/mol. The minimum absolute atomic E-state index is 0.0159. The summed E-state index contributed by atoms with van der Waals surface area (Å²) in [5.74, 6) is -0.0159. The van der Waals surface area contributed by atoms with Gasteiger partial charge >= 0.3 is 0 Å². The van der Waals surface area contributed by atoms with Gasteiger partial charge in [0.1, 0.15) is 5.52 Å². The van der Waals surface area contributed by atoms with Crippen molar-refractivity contribution in [2.75, 3.05) is 0 Å². The number of para-hydroxylation sites is 1. The van der Waals surface area contributed by atoms with Crippen LogP contribution in [0, 0.1) is 0 Å². The van der Waals surface area contributed by atoms with Crippen molar-refractivity contribution in [1.29, 1.82) is 0 Å². The van der Waals surface area contributed by atoms with Gasteiger partial charge in [-0.05, 0) is 33.3 Å². The van der Waals surface area contributed by atoms with Crippen molar-refractivity contribution >= 4 is 39.7 Å². The SMILES string of the molecule is CCCn1c2ccccc2c2nnc(SC(C)C(=O)NC(C)C)nc21. The maximum Gasteiger partial charge on any atom is 0.233 e. The third kappa shape index (κ3) is 3.61. The minimum atomic E-state index is -0.273. The number of nitrogens with zero attached hydrogens (tertiary/aromatic N) is 4. The number of hydrogen-bond acceptors (Lipinski definition) is 5. The fourth-order valence-corrected chi connectivity index (χ4v) is 3.52. The molecule has 1 N–H and O–H groups in total. The second-order valence-corrected chi connectivity index (χ2v) is 7.67. The molecule has 1 atom stereocenters. The van der Waals surface area contributed by atoms with Crippen molar-refractivity contribution < 1.29 is 4.79 Å². The standard InChI is InChI=1S/C18H23N5OS/c1-5-10-23-14-9-7-6-8-13(14)15-16(23)20-18(22-21-15)25-12(4)17(24)19-11(2)3/h6-9,11-12H,5,10H2,1-4H3,(H,19,24). The summed E-state index contributed by atoms with van der Waals surface area (Å²) in [4.78, 5) is 16.8. The topological polar surface area (TPSA) is 72.7 Å². The molecule has 3 aromatic rings. The van der Waals surface area contributed by atoms with Crippen molar-refractivity contribution in [3.63, 3.8) is 0 Å². The van der Waals surface area contributed by atoms with Gasteiger partial charge in [0.15, 0.2) is 5.65 Å². The van der Waals surface area contributed by atoms with E-state index >= 15 is 0 Å². The van der Waals surface area contributed by atoms with Crippen LogP contribution in [0.15, 0.2) is 29.4 Å². The van der Waals surface area contributed by atoms with E-state index in [0.717, 1.165) is 35.0 Å². The Morgan fingerprint density at radius 3 is 2.72 bits per heavy atom. The Bertz CT molecular complexity index is 905. The molecule has 2 aromatic heterocycles. The van der Waals surface area contributed by atoms with E-state index in [1.807, 2.05) is 39.0 Å². The Kier molecular flexibility index (Phi) is 5.22. The molecule has 3 rings (SSSR count). The van der Waals surface area contributed by atoms with Crippen LogP contribution in [0.25, 0.3) is 22.1 Å². The Balaban J connectivity index is 1.98. The van der Waals surface area contributed by atoms with Gasteiger partial charge in [-0.1, -0.05) is 36.9 Å². The molecule has 1 aromatic carbocycles. The highest BCUT2D eigenvalue weighted by molar-refractivity contribution is 8.00. The van der Waals surface area contributed by atoms with E-state index in [9.17, 15) is 4.79 Å². The van der Waals surface area contributed by atoms with E-state index < -0.39 is 0 Å². The molecule has 1 unspecified atom stereocenters. The van der Waals surface area contributed by atoms with Gasteiger partial charge in [-0.3, -0.25) is 4.79 Å². The molecule has 0 spiro atoms. The van der Waals surface area contributed by atoms with E-state index in [2.05, 4.69) is 33.1 Å². The van der Waals surface area contributed by atoms with Gasteiger partial charge in [-0.15, -0.1) is 10.2 Å². The summed E-state index contributed by atoms with van der Waals surface area (Å²) in [6.07, 6.45) is 1.01. The monoisotopic (exact) mass is 357 g/mol. The Morgan fingerprint density at radius 2 is 2.00 bits per heavy atom. The summed E-state index contributed by atoms with van der Waals surface area (Å²) < 4.78 is 2.18.